The van der Waals surface area contributed by atoms with Gasteiger partial charge in [-0.1, -0.05) is 24.3 Å². The second-order valence-electron chi connectivity index (χ2n) is 7.41. The van der Waals surface area contributed by atoms with E-state index in [1.165, 1.54) is 0 Å². The molecule has 1 atom stereocenters. The van der Waals surface area contributed by atoms with Crippen LogP contribution in [0.4, 0.5) is 11.4 Å². The van der Waals surface area contributed by atoms with Gasteiger partial charge in [-0.2, -0.15) is 0 Å². The number of benzene rings is 2. The van der Waals surface area contributed by atoms with Crippen molar-refractivity contribution in [2.24, 2.45) is 0 Å². The van der Waals surface area contributed by atoms with Crippen molar-refractivity contribution in [1.29, 1.82) is 0 Å². The van der Waals surface area contributed by atoms with E-state index in [1.54, 1.807) is 4.90 Å². The Bertz CT molecular complexity index is 893. The van der Waals surface area contributed by atoms with Crippen molar-refractivity contribution in [2.75, 3.05) is 23.4 Å². The standard InChI is InChI=1S/C22H25N3O2/c1-15-7-3-4-8-17(15)14-23-21(26)16-10-11-18-20(13-16)24(2)22(27)19-9-5-6-12-25(18)19/h3-4,7-8,10-11,13,19H,5-6,9,12,14H2,1-2H3,(H,23,26)/t19-/m0/s1. The second kappa shape index (κ2) is 7.06. The van der Waals surface area contributed by atoms with Crippen molar-refractivity contribution in [1.82, 2.24) is 5.32 Å². The molecule has 0 unspecified atom stereocenters. The first kappa shape index (κ1) is 17.6. The average molecular weight is 363 g/mol. The van der Waals surface area contributed by atoms with Crippen LogP contribution < -0.4 is 15.1 Å². The highest BCUT2D eigenvalue weighted by atomic mass is 16.2. The van der Waals surface area contributed by atoms with Crippen LogP contribution in [-0.4, -0.2) is 31.4 Å². The highest BCUT2D eigenvalue weighted by molar-refractivity contribution is 6.07. The van der Waals surface area contributed by atoms with Gasteiger partial charge in [-0.25, -0.2) is 0 Å². The zero-order valence-corrected chi connectivity index (χ0v) is 15.9. The monoisotopic (exact) mass is 363 g/mol. The fourth-order valence-corrected chi connectivity index (χ4v) is 4.08. The van der Waals surface area contributed by atoms with Gasteiger partial charge in [0.15, 0.2) is 0 Å². The normalized spacial score (nSPS) is 18.7. The number of carbonyl (C=O) groups is 2. The summed E-state index contributed by atoms with van der Waals surface area (Å²) in [4.78, 5) is 29.3. The molecule has 0 spiro atoms. The number of hydrogen-bond donors (Lipinski definition) is 1. The molecule has 2 aliphatic rings. The van der Waals surface area contributed by atoms with Gasteiger partial charge < -0.3 is 15.1 Å². The van der Waals surface area contributed by atoms with Gasteiger partial charge in [-0.15, -0.1) is 0 Å². The number of carbonyl (C=O) groups excluding carboxylic acids is 2. The van der Waals surface area contributed by atoms with Crippen molar-refractivity contribution in [2.45, 2.75) is 38.8 Å². The van der Waals surface area contributed by atoms with Gasteiger partial charge in [0, 0.05) is 25.7 Å². The number of nitrogens with one attached hydrogen (secondary N) is 1. The highest BCUT2D eigenvalue weighted by Gasteiger charge is 2.37. The Balaban J connectivity index is 1.56. The first-order chi connectivity index (χ1) is 13.1. The third-order valence-corrected chi connectivity index (χ3v) is 5.73. The third kappa shape index (κ3) is 3.18. The Morgan fingerprint density at radius 1 is 1.15 bits per heavy atom. The maximum atomic E-state index is 12.7. The molecule has 1 fully saturated rings. The van der Waals surface area contributed by atoms with E-state index in [0.29, 0.717) is 12.1 Å². The van der Waals surface area contributed by atoms with Gasteiger partial charge in [0.25, 0.3) is 5.91 Å². The van der Waals surface area contributed by atoms with Crippen LogP contribution in [-0.2, 0) is 11.3 Å². The SMILES string of the molecule is Cc1ccccc1CNC(=O)c1ccc2c(c1)N(C)C(=O)[C@@H]1CCCCN21. The van der Waals surface area contributed by atoms with E-state index < -0.39 is 0 Å². The smallest absolute Gasteiger partial charge is 0.251 e. The van der Waals surface area contributed by atoms with Gasteiger partial charge in [0.1, 0.15) is 6.04 Å². The zero-order valence-electron chi connectivity index (χ0n) is 15.9. The Morgan fingerprint density at radius 2 is 1.96 bits per heavy atom. The molecular formula is C22H25N3O2. The molecule has 27 heavy (non-hydrogen) atoms. The molecule has 2 aliphatic heterocycles. The minimum absolute atomic E-state index is 0.0583. The maximum absolute atomic E-state index is 12.7. The summed E-state index contributed by atoms with van der Waals surface area (Å²) < 4.78 is 0. The first-order valence-electron chi connectivity index (χ1n) is 9.57. The van der Waals surface area contributed by atoms with E-state index in [0.717, 1.165) is 48.3 Å². The number of nitrogens with zero attached hydrogens (tertiary/aromatic N) is 2. The number of amides is 2. The van der Waals surface area contributed by atoms with E-state index in [2.05, 4.69) is 10.2 Å². The lowest BCUT2D eigenvalue weighted by atomic mass is 9.96. The van der Waals surface area contributed by atoms with Crippen LogP contribution in [0.15, 0.2) is 42.5 Å². The average Bonchev–Trinajstić information content (AvgIpc) is 2.71. The number of hydrogen-bond acceptors (Lipinski definition) is 3. The van der Waals surface area contributed by atoms with Crippen LogP contribution in [0.1, 0.15) is 40.7 Å². The topological polar surface area (TPSA) is 52.7 Å². The summed E-state index contributed by atoms with van der Waals surface area (Å²) in [7, 11) is 1.81. The Labute approximate surface area is 160 Å². The van der Waals surface area contributed by atoms with E-state index in [9.17, 15) is 9.59 Å². The molecule has 0 radical (unpaired) electrons. The summed E-state index contributed by atoms with van der Waals surface area (Å²) in [5.74, 6) is 0.00216. The van der Waals surface area contributed by atoms with E-state index >= 15 is 0 Å². The number of anilines is 2. The Kier molecular flexibility index (Phi) is 4.60. The lowest BCUT2D eigenvalue weighted by Gasteiger charge is -2.44. The van der Waals surface area contributed by atoms with Crippen molar-refractivity contribution in [3.05, 3.63) is 59.2 Å². The van der Waals surface area contributed by atoms with E-state index in [-0.39, 0.29) is 17.9 Å². The molecule has 5 heteroatoms. The fraction of sp³-hybridized carbons (Fsp3) is 0.364. The number of likely N-dealkylation sites (N-methyl/N-ethyl adjacent to an activating group) is 1. The molecule has 0 bridgehead atoms. The molecule has 2 amide bonds. The van der Waals surface area contributed by atoms with Crippen molar-refractivity contribution >= 4 is 23.2 Å². The van der Waals surface area contributed by atoms with Crippen LogP contribution in [0, 0.1) is 6.92 Å². The van der Waals surface area contributed by atoms with Crippen molar-refractivity contribution in [3.63, 3.8) is 0 Å². The highest BCUT2D eigenvalue weighted by Crippen LogP contribution is 2.39. The van der Waals surface area contributed by atoms with Crippen LogP contribution in [0.3, 0.4) is 0 Å². The molecule has 5 nitrogen and oxygen atoms in total. The van der Waals surface area contributed by atoms with E-state index in [4.69, 9.17) is 0 Å². The van der Waals surface area contributed by atoms with Gasteiger partial charge in [-0.3, -0.25) is 9.59 Å². The summed E-state index contributed by atoms with van der Waals surface area (Å²) in [6, 6.07) is 13.7. The lowest BCUT2D eigenvalue weighted by Crippen LogP contribution is -2.54. The largest absolute Gasteiger partial charge is 0.358 e. The fourth-order valence-electron chi connectivity index (χ4n) is 4.08. The minimum atomic E-state index is -0.123. The molecule has 1 N–H and O–H groups in total. The van der Waals surface area contributed by atoms with E-state index in [1.807, 2.05) is 56.4 Å². The van der Waals surface area contributed by atoms with Crippen LogP contribution in [0.25, 0.3) is 0 Å². The summed E-state index contributed by atoms with van der Waals surface area (Å²) in [5, 5.41) is 2.99. The number of aryl methyl sites for hydroxylation is 1. The molecule has 2 aromatic rings. The van der Waals surface area contributed by atoms with Gasteiger partial charge in [0.2, 0.25) is 5.91 Å². The lowest BCUT2D eigenvalue weighted by molar-refractivity contribution is -0.120. The number of piperidine rings is 1. The molecule has 140 valence electrons. The zero-order chi connectivity index (χ0) is 19.0. The molecule has 0 aliphatic carbocycles. The molecular weight excluding hydrogens is 338 g/mol. The molecule has 2 heterocycles. The third-order valence-electron chi connectivity index (χ3n) is 5.73. The quantitative estimate of drug-likeness (QED) is 0.911. The van der Waals surface area contributed by atoms with Crippen LogP contribution >= 0.6 is 0 Å². The van der Waals surface area contributed by atoms with Gasteiger partial charge in [0.05, 0.1) is 11.4 Å². The molecule has 0 saturated carbocycles. The summed E-state index contributed by atoms with van der Waals surface area (Å²) in [5.41, 5.74) is 4.72. The predicted octanol–water partition coefficient (Wildman–Crippen LogP) is 3.26. The van der Waals surface area contributed by atoms with Crippen molar-refractivity contribution < 1.29 is 9.59 Å². The molecule has 2 aromatic carbocycles. The maximum Gasteiger partial charge on any atom is 0.251 e. The number of fused-ring (bicyclic) bond motifs is 3. The summed E-state index contributed by atoms with van der Waals surface area (Å²) in [6.07, 6.45) is 3.10. The molecule has 4 rings (SSSR count). The summed E-state index contributed by atoms with van der Waals surface area (Å²) >= 11 is 0. The molecule has 0 aromatic heterocycles. The Hall–Kier alpha value is -2.82. The Morgan fingerprint density at radius 3 is 2.78 bits per heavy atom. The minimum Gasteiger partial charge on any atom is -0.358 e. The predicted molar refractivity (Wildman–Crippen MR) is 107 cm³/mol. The summed E-state index contributed by atoms with van der Waals surface area (Å²) in [6.45, 7) is 3.43. The van der Waals surface area contributed by atoms with Crippen LogP contribution in [0.5, 0.6) is 0 Å². The molecule has 1 saturated heterocycles. The van der Waals surface area contributed by atoms with Crippen molar-refractivity contribution in [3.8, 4) is 0 Å². The van der Waals surface area contributed by atoms with Gasteiger partial charge >= 0.3 is 0 Å². The van der Waals surface area contributed by atoms with Gasteiger partial charge in [-0.05, 0) is 55.5 Å². The number of rotatable bonds is 3. The second-order valence-corrected chi connectivity index (χ2v) is 7.41. The first-order valence-corrected chi connectivity index (χ1v) is 9.57. The van der Waals surface area contributed by atoms with Crippen LogP contribution in [0.2, 0.25) is 0 Å².